The number of hydrogen-bond acceptors (Lipinski definition) is 0. The first-order valence-corrected chi connectivity index (χ1v) is 11.2. The lowest BCUT2D eigenvalue weighted by Gasteiger charge is -2.15. The summed E-state index contributed by atoms with van der Waals surface area (Å²) in [5.74, 6) is 0. The third-order valence-corrected chi connectivity index (χ3v) is 6.94. The quantitative estimate of drug-likeness (QED) is 0.198. The van der Waals surface area contributed by atoms with Gasteiger partial charge < -0.3 is 0 Å². The maximum Gasteiger partial charge on any atom is -0.00993 e. The minimum absolute atomic E-state index is 1.29. The highest BCUT2D eigenvalue weighted by Gasteiger charge is 2.12. The van der Waals surface area contributed by atoms with Crippen LogP contribution in [0.15, 0.2) is 109 Å². The molecule has 0 aliphatic rings. The SMILES string of the molecule is C/C(=C(/C)c1cccc2c1ccc1ccccc12)c1cccc2c1ccc1ccccc12. The summed E-state index contributed by atoms with van der Waals surface area (Å²) in [5.41, 5.74) is 5.27. The fraction of sp³-hybridized carbons (Fsp3) is 0.0625. The maximum atomic E-state index is 2.28. The smallest absolute Gasteiger partial charge is 0.00993 e. The van der Waals surface area contributed by atoms with E-state index in [1.54, 1.807) is 0 Å². The summed E-state index contributed by atoms with van der Waals surface area (Å²) in [6.45, 7) is 4.53. The number of rotatable bonds is 2. The molecule has 0 nitrogen and oxygen atoms in total. The molecule has 0 saturated heterocycles. The molecule has 0 aliphatic heterocycles. The molecule has 0 aromatic heterocycles. The van der Waals surface area contributed by atoms with Crippen LogP contribution in [0, 0.1) is 0 Å². The normalized spacial score (nSPS) is 12.6. The predicted molar refractivity (Wildman–Crippen MR) is 141 cm³/mol. The highest BCUT2D eigenvalue weighted by Crippen LogP contribution is 2.37. The van der Waals surface area contributed by atoms with Gasteiger partial charge in [-0.3, -0.25) is 0 Å². The van der Waals surface area contributed by atoms with E-state index in [9.17, 15) is 0 Å². The largest absolute Gasteiger partial charge is 0.0616 e. The van der Waals surface area contributed by atoms with Crippen LogP contribution < -0.4 is 0 Å². The molecule has 6 aromatic carbocycles. The summed E-state index contributed by atoms with van der Waals surface area (Å²) in [5, 5.41) is 10.5. The Balaban J connectivity index is 1.61. The van der Waals surface area contributed by atoms with Gasteiger partial charge in [-0.05, 0) is 79.2 Å². The van der Waals surface area contributed by atoms with E-state index in [2.05, 4.69) is 123 Å². The van der Waals surface area contributed by atoms with Gasteiger partial charge in [0.25, 0.3) is 0 Å². The lowest BCUT2D eigenvalue weighted by atomic mass is 9.89. The molecule has 0 aliphatic carbocycles. The zero-order valence-electron chi connectivity index (χ0n) is 18.4. The third-order valence-electron chi connectivity index (χ3n) is 6.94. The molecule has 0 atom stereocenters. The van der Waals surface area contributed by atoms with Crippen molar-refractivity contribution in [2.75, 3.05) is 0 Å². The third kappa shape index (κ3) is 2.84. The van der Waals surface area contributed by atoms with Crippen LogP contribution in [-0.4, -0.2) is 0 Å². The lowest BCUT2D eigenvalue weighted by molar-refractivity contribution is 1.56. The Hall–Kier alpha value is -3.90. The molecule has 0 spiro atoms. The van der Waals surface area contributed by atoms with E-state index in [-0.39, 0.29) is 0 Å². The average molecular weight is 409 g/mol. The molecule has 0 unspecified atom stereocenters. The molecule has 0 heteroatoms. The summed E-state index contributed by atoms with van der Waals surface area (Å²) < 4.78 is 0. The Morgan fingerprint density at radius 2 is 0.750 bits per heavy atom. The van der Waals surface area contributed by atoms with Crippen molar-refractivity contribution in [3.05, 3.63) is 120 Å². The number of benzene rings is 6. The highest BCUT2D eigenvalue weighted by molar-refractivity contribution is 6.14. The number of allylic oxidation sites excluding steroid dienone is 2. The monoisotopic (exact) mass is 408 g/mol. The Bertz CT molecular complexity index is 1550. The van der Waals surface area contributed by atoms with Crippen molar-refractivity contribution in [2.45, 2.75) is 13.8 Å². The van der Waals surface area contributed by atoms with Crippen molar-refractivity contribution >= 4 is 54.2 Å². The molecule has 0 heterocycles. The van der Waals surface area contributed by atoms with Crippen molar-refractivity contribution in [3.63, 3.8) is 0 Å². The van der Waals surface area contributed by atoms with Crippen LogP contribution in [0.2, 0.25) is 0 Å². The number of fused-ring (bicyclic) bond motifs is 6. The second kappa shape index (κ2) is 7.35. The predicted octanol–water partition coefficient (Wildman–Crippen LogP) is 9.25. The zero-order chi connectivity index (χ0) is 21.7. The Labute approximate surface area is 188 Å². The summed E-state index contributed by atoms with van der Waals surface area (Å²) in [6.07, 6.45) is 0. The van der Waals surface area contributed by atoms with Crippen LogP contribution in [0.5, 0.6) is 0 Å². The van der Waals surface area contributed by atoms with E-state index < -0.39 is 0 Å². The van der Waals surface area contributed by atoms with Gasteiger partial charge in [0, 0.05) is 0 Å². The van der Waals surface area contributed by atoms with Crippen molar-refractivity contribution in [3.8, 4) is 0 Å². The van der Waals surface area contributed by atoms with E-state index in [0.717, 1.165) is 0 Å². The zero-order valence-corrected chi connectivity index (χ0v) is 18.4. The van der Waals surface area contributed by atoms with Crippen LogP contribution in [0.3, 0.4) is 0 Å². The molecule has 0 radical (unpaired) electrons. The Morgan fingerprint density at radius 1 is 0.344 bits per heavy atom. The molecule has 0 bridgehead atoms. The first-order chi connectivity index (χ1) is 15.7. The summed E-state index contributed by atoms with van der Waals surface area (Å²) in [4.78, 5) is 0. The van der Waals surface area contributed by atoms with Gasteiger partial charge in [0.2, 0.25) is 0 Å². The molecule has 0 N–H and O–H groups in total. The van der Waals surface area contributed by atoms with Crippen LogP contribution in [0.4, 0.5) is 0 Å². The minimum atomic E-state index is 1.29. The molecular formula is C32H24. The second-order valence-electron chi connectivity index (χ2n) is 8.62. The molecule has 152 valence electrons. The molecule has 32 heavy (non-hydrogen) atoms. The highest BCUT2D eigenvalue weighted by atomic mass is 14.2. The maximum absolute atomic E-state index is 2.28. The van der Waals surface area contributed by atoms with Gasteiger partial charge in [-0.2, -0.15) is 0 Å². The van der Waals surface area contributed by atoms with Crippen molar-refractivity contribution in [2.24, 2.45) is 0 Å². The van der Waals surface area contributed by atoms with Gasteiger partial charge in [0.15, 0.2) is 0 Å². The van der Waals surface area contributed by atoms with Crippen molar-refractivity contribution in [1.29, 1.82) is 0 Å². The van der Waals surface area contributed by atoms with Gasteiger partial charge in [0.05, 0.1) is 0 Å². The first kappa shape index (κ1) is 18.8. The Morgan fingerprint density at radius 3 is 1.22 bits per heavy atom. The second-order valence-corrected chi connectivity index (χ2v) is 8.62. The molecular weight excluding hydrogens is 384 g/mol. The average Bonchev–Trinajstić information content (AvgIpc) is 2.87. The first-order valence-electron chi connectivity index (χ1n) is 11.2. The molecule has 0 amide bonds. The molecule has 0 saturated carbocycles. The summed E-state index contributed by atoms with van der Waals surface area (Å²) >= 11 is 0. The van der Waals surface area contributed by atoms with Gasteiger partial charge in [-0.1, -0.05) is 109 Å². The van der Waals surface area contributed by atoms with E-state index >= 15 is 0 Å². The van der Waals surface area contributed by atoms with E-state index in [4.69, 9.17) is 0 Å². The van der Waals surface area contributed by atoms with E-state index in [1.165, 1.54) is 65.4 Å². The van der Waals surface area contributed by atoms with Crippen LogP contribution in [-0.2, 0) is 0 Å². The van der Waals surface area contributed by atoms with E-state index in [1.807, 2.05) is 0 Å². The van der Waals surface area contributed by atoms with Gasteiger partial charge in [-0.15, -0.1) is 0 Å². The van der Waals surface area contributed by atoms with Crippen LogP contribution in [0.25, 0.3) is 54.2 Å². The molecule has 6 rings (SSSR count). The van der Waals surface area contributed by atoms with Gasteiger partial charge >= 0.3 is 0 Å². The van der Waals surface area contributed by atoms with E-state index in [0.29, 0.717) is 0 Å². The van der Waals surface area contributed by atoms with Crippen LogP contribution in [0.1, 0.15) is 25.0 Å². The minimum Gasteiger partial charge on any atom is -0.0616 e. The van der Waals surface area contributed by atoms with Crippen molar-refractivity contribution in [1.82, 2.24) is 0 Å². The fourth-order valence-corrected chi connectivity index (χ4v) is 5.14. The number of hydrogen-bond donors (Lipinski definition) is 0. The molecule has 0 fully saturated rings. The topological polar surface area (TPSA) is 0 Å². The Kier molecular flexibility index (Phi) is 4.33. The lowest BCUT2D eigenvalue weighted by Crippen LogP contribution is -1.91. The van der Waals surface area contributed by atoms with Gasteiger partial charge in [-0.25, -0.2) is 0 Å². The van der Waals surface area contributed by atoms with Crippen LogP contribution >= 0.6 is 0 Å². The van der Waals surface area contributed by atoms with Gasteiger partial charge in [0.1, 0.15) is 0 Å². The molecule has 6 aromatic rings. The fourth-order valence-electron chi connectivity index (χ4n) is 5.14. The van der Waals surface area contributed by atoms with Crippen molar-refractivity contribution < 1.29 is 0 Å². The standard InChI is InChI=1S/C32H24/c1-21(25-13-7-15-29-27-11-5-3-9-23(27)17-19-31(25)29)22(2)26-14-8-16-30-28-12-6-4-10-24(28)18-20-32(26)30/h3-20H,1-2H3/b22-21+. The summed E-state index contributed by atoms with van der Waals surface area (Å²) in [7, 11) is 0. The summed E-state index contributed by atoms with van der Waals surface area (Å²) in [6, 6.07) is 39.7.